The molecule has 1 heterocycles. The molecule has 0 saturated carbocycles. The molecule has 1 radical (unpaired) electrons. The highest BCUT2D eigenvalue weighted by Crippen LogP contribution is 1.99. The smallest absolute Gasteiger partial charge is 0.0550 e. The van der Waals surface area contributed by atoms with Crippen LogP contribution in [0.1, 0.15) is 0 Å². The van der Waals surface area contributed by atoms with Gasteiger partial charge in [0, 0.05) is 5.75 Å². The van der Waals surface area contributed by atoms with E-state index in [2.05, 4.69) is 10.8 Å². The van der Waals surface area contributed by atoms with E-state index in [1.807, 2.05) is 12.6 Å². The van der Waals surface area contributed by atoms with Crippen LogP contribution in [-0.2, 0) is 0 Å². The topological polar surface area (TPSA) is 12.0 Å². The number of hydrogen-bond donors (Lipinski definition) is 1. The van der Waals surface area contributed by atoms with Gasteiger partial charge in [-0.2, -0.15) is 0 Å². The van der Waals surface area contributed by atoms with Crippen molar-refractivity contribution < 1.29 is 0 Å². The number of hydrogen-bond acceptors (Lipinski definition) is 2. The lowest BCUT2D eigenvalue weighted by Gasteiger charge is -1.99. The molecule has 0 unspecified atom stereocenters. The Kier molecular flexibility index (Phi) is 1.59. The van der Waals surface area contributed by atoms with E-state index >= 15 is 0 Å². The van der Waals surface area contributed by atoms with Crippen LogP contribution in [0.2, 0.25) is 0 Å². The van der Waals surface area contributed by atoms with Gasteiger partial charge in [0.2, 0.25) is 0 Å². The van der Waals surface area contributed by atoms with Crippen LogP contribution in [0.25, 0.3) is 0 Å². The third-order valence-corrected chi connectivity index (χ3v) is 1.23. The van der Waals surface area contributed by atoms with Crippen LogP contribution in [0.15, 0.2) is 12.2 Å². The molecule has 1 aliphatic rings. The highest BCUT2D eigenvalue weighted by molar-refractivity contribution is 7.97. The summed E-state index contributed by atoms with van der Waals surface area (Å²) >= 11 is 1.70. The van der Waals surface area contributed by atoms with Gasteiger partial charge in [-0.25, -0.2) is 0 Å². The molecule has 6 heavy (non-hydrogen) atoms. The first-order valence-electron chi connectivity index (χ1n) is 1.86. The molecule has 0 aromatic rings. The summed E-state index contributed by atoms with van der Waals surface area (Å²) in [5.41, 5.74) is 0. The average Bonchev–Trinajstić information content (AvgIpc) is 1.72. The molecule has 1 rings (SSSR count). The lowest BCUT2D eigenvalue weighted by atomic mass is 10.5. The third-order valence-electron chi connectivity index (χ3n) is 0.563. The lowest BCUT2D eigenvalue weighted by Crippen LogP contribution is -2.00. The first-order valence-corrected chi connectivity index (χ1v) is 2.84. The SMILES string of the molecule is [CH]1C=CCSN1. The van der Waals surface area contributed by atoms with Gasteiger partial charge < -0.3 is 0 Å². The molecule has 1 aliphatic heterocycles. The van der Waals surface area contributed by atoms with Crippen molar-refractivity contribution in [2.24, 2.45) is 0 Å². The van der Waals surface area contributed by atoms with Crippen molar-refractivity contribution in [1.29, 1.82) is 0 Å². The van der Waals surface area contributed by atoms with Gasteiger partial charge in [0.15, 0.2) is 0 Å². The van der Waals surface area contributed by atoms with E-state index in [4.69, 9.17) is 0 Å². The van der Waals surface area contributed by atoms with Gasteiger partial charge in [0.05, 0.1) is 6.54 Å². The lowest BCUT2D eigenvalue weighted by molar-refractivity contribution is 1.26. The third kappa shape index (κ3) is 1.03. The predicted molar refractivity (Wildman–Crippen MR) is 29.0 cm³/mol. The van der Waals surface area contributed by atoms with E-state index < -0.39 is 0 Å². The van der Waals surface area contributed by atoms with Crippen molar-refractivity contribution in [1.82, 2.24) is 4.72 Å². The Morgan fingerprint density at radius 1 is 1.67 bits per heavy atom. The first-order chi connectivity index (χ1) is 3.00. The van der Waals surface area contributed by atoms with Crippen LogP contribution in [0.3, 0.4) is 0 Å². The summed E-state index contributed by atoms with van der Waals surface area (Å²) in [6.07, 6.45) is 4.12. The van der Waals surface area contributed by atoms with Crippen molar-refractivity contribution in [3.63, 3.8) is 0 Å². The molecular weight excluding hydrogens is 94.1 g/mol. The van der Waals surface area contributed by atoms with Gasteiger partial charge in [0.25, 0.3) is 0 Å². The summed E-state index contributed by atoms with van der Waals surface area (Å²) < 4.78 is 2.99. The average molecular weight is 100 g/mol. The van der Waals surface area contributed by atoms with Crippen LogP contribution in [0.5, 0.6) is 0 Å². The standard InChI is InChI=1S/C4H6NS/c1-2-4-6-5-3-1/h1-3,5H,4H2. The van der Waals surface area contributed by atoms with Crippen LogP contribution in [-0.4, -0.2) is 5.75 Å². The fourth-order valence-corrected chi connectivity index (χ4v) is 0.786. The van der Waals surface area contributed by atoms with E-state index in [9.17, 15) is 0 Å². The van der Waals surface area contributed by atoms with Crippen molar-refractivity contribution in [2.45, 2.75) is 0 Å². The second kappa shape index (κ2) is 2.26. The first kappa shape index (κ1) is 4.22. The maximum atomic E-state index is 2.99. The second-order valence-corrected chi connectivity index (χ2v) is 1.88. The molecule has 0 aliphatic carbocycles. The van der Waals surface area contributed by atoms with E-state index in [0.29, 0.717) is 0 Å². The molecule has 0 amide bonds. The Labute approximate surface area is 41.9 Å². The van der Waals surface area contributed by atoms with Crippen molar-refractivity contribution >= 4 is 11.9 Å². The largest absolute Gasteiger partial charge is 0.255 e. The zero-order valence-corrected chi connectivity index (χ0v) is 4.16. The zero-order valence-electron chi connectivity index (χ0n) is 3.35. The van der Waals surface area contributed by atoms with Gasteiger partial charge in [-0.1, -0.05) is 24.1 Å². The van der Waals surface area contributed by atoms with Crippen molar-refractivity contribution in [3.05, 3.63) is 18.7 Å². The molecule has 0 spiro atoms. The molecule has 0 bridgehead atoms. The van der Waals surface area contributed by atoms with Gasteiger partial charge in [-0.15, -0.1) is 0 Å². The van der Waals surface area contributed by atoms with Crippen LogP contribution in [0, 0.1) is 6.54 Å². The van der Waals surface area contributed by atoms with E-state index in [1.165, 1.54) is 0 Å². The molecular formula is C4H6NS. The van der Waals surface area contributed by atoms with Crippen molar-refractivity contribution in [3.8, 4) is 0 Å². The minimum Gasteiger partial charge on any atom is -0.255 e. The molecule has 1 nitrogen and oxygen atoms in total. The fourth-order valence-electron chi connectivity index (χ4n) is 0.307. The maximum absolute atomic E-state index is 2.99. The number of rotatable bonds is 0. The Bertz CT molecular complexity index is 52.6. The van der Waals surface area contributed by atoms with E-state index in [1.54, 1.807) is 11.9 Å². The summed E-state index contributed by atoms with van der Waals surface area (Å²) in [4.78, 5) is 0. The Hall–Kier alpha value is 0.0500. The highest BCUT2D eigenvalue weighted by atomic mass is 32.2. The monoisotopic (exact) mass is 100 g/mol. The zero-order chi connectivity index (χ0) is 4.24. The molecule has 0 fully saturated rings. The molecule has 2 heteroatoms. The summed E-state index contributed by atoms with van der Waals surface area (Å²) in [5.74, 6) is 1.09. The Balaban J connectivity index is 2.26. The summed E-state index contributed by atoms with van der Waals surface area (Å²) in [6.45, 7) is 1.92. The quantitative estimate of drug-likeness (QED) is 0.455. The second-order valence-electron chi connectivity index (χ2n) is 1.02. The minimum atomic E-state index is 1.09. The van der Waals surface area contributed by atoms with Crippen LogP contribution in [0.4, 0.5) is 0 Å². The van der Waals surface area contributed by atoms with Gasteiger partial charge in [-0.05, 0) is 0 Å². The fraction of sp³-hybridized carbons (Fsp3) is 0.250. The van der Waals surface area contributed by atoms with Gasteiger partial charge in [-0.3, -0.25) is 4.72 Å². The molecule has 0 aromatic heterocycles. The molecule has 0 atom stereocenters. The molecule has 33 valence electrons. The molecule has 0 aromatic carbocycles. The number of nitrogens with one attached hydrogen (secondary N) is 1. The van der Waals surface area contributed by atoms with Gasteiger partial charge in [0.1, 0.15) is 0 Å². The maximum Gasteiger partial charge on any atom is 0.0550 e. The Morgan fingerprint density at radius 2 is 2.67 bits per heavy atom. The molecule has 0 saturated heterocycles. The van der Waals surface area contributed by atoms with Crippen LogP contribution < -0.4 is 4.72 Å². The molecule has 1 N–H and O–H groups in total. The Morgan fingerprint density at radius 3 is 2.83 bits per heavy atom. The predicted octanol–water partition coefficient (Wildman–Crippen LogP) is 0.956. The summed E-state index contributed by atoms with van der Waals surface area (Å²) in [7, 11) is 0. The minimum absolute atomic E-state index is 1.09. The van der Waals surface area contributed by atoms with Crippen LogP contribution >= 0.6 is 11.9 Å². The van der Waals surface area contributed by atoms with Gasteiger partial charge >= 0.3 is 0 Å². The van der Waals surface area contributed by atoms with E-state index in [0.717, 1.165) is 5.75 Å². The highest BCUT2D eigenvalue weighted by Gasteiger charge is 1.85. The van der Waals surface area contributed by atoms with E-state index in [-0.39, 0.29) is 0 Å². The normalized spacial score (nSPS) is 21.3. The van der Waals surface area contributed by atoms with Crippen molar-refractivity contribution in [2.75, 3.05) is 5.75 Å². The summed E-state index contributed by atoms with van der Waals surface area (Å²) in [6, 6.07) is 0. The summed E-state index contributed by atoms with van der Waals surface area (Å²) in [5, 5.41) is 0.